The van der Waals surface area contributed by atoms with Crippen LogP contribution in [0.5, 0.6) is 5.75 Å². The van der Waals surface area contributed by atoms with Crippen molar-refractivity contribution in [3.05, 3.63) is 103 Å². The monoisotopic (exact) mass is 481 g/mol. The van der Waals surface area contributed by atoms with Crippen LogP contribution in [-0.4, -0.2) is 10.8 Å². The van der Waals surface area contributed by atoms with Gasteiger partial charge in [0.1, 0.15) is 24.0 Å². The Balaban J connectivity index is 1.70. The molecule has 0 spiro atoms. The minimum Gasteiger partial charge on any atom is -0.487 e. The number of carbonyl (C=O) groups is 1. The second-order valence-electron chi connectivity index (χ2n) is 6.94. The molecule has 0 saturated heterocycles. The molecule has 3 aromatic carbocycles. The van der Waals surface area contributed by atoms with E-state index in [0.717, 1.165) is 5.56 Å². The summed E-state index contributed by atoms with van der Waals surface area (Å²) in [7, 11) is 0. The van der Waals surface area contributed by atoms with E-state index in [1.807, 2.05) is 6.07 Å². The van der Waals surface area contributed by atoms with Crippen molar-refractivity contribution in [2.24, 2.45) is 0 Å². The number of nitriles is 1. The number of nitrogens with one attached hydrogen (secondary N) is 1. The average molecular weight is 482 g/mol. The molecule has 7 nitrogen and oxygen atoms in total. The van der Waals surface area contributed by atoms with Crippen LogP contribution in [0.15, 0.2) is 66.2 Å². The molecule has 1 N–H and O–H groups in total. The van der Waals surface area contributed by atoms with Crippen LogP contribution >= 0.6 is 23.2 Å². The van der Waals surface area contributed by atoms with Crippen molar-refractivity contribution >= 4 is 46.6 Å². The highest BCUT2D eigenvalue weighted by Gasteiger charge is 2.13. The molecule has 9 heteroatoms. The molecular formula is C24H17Cl2N3O4. The molecule has 3 rings (SSSR count). The molecule has 0 atom stereocenters. The number of anilines is 1. The van der Waals surface area contributed by atoms with Gasteiger partial charge in [-0.05, 0) is 66.1 Å². The van der Waals surface area contributed by atoms with Crippen LogP contribution in [0.1, 0.15) is 16.7 Å². The Morgan fingerprint density at radius 2 is 1.88 bits per heavy atom. The van der Waals surface area contributed by atoms with E-state index >= 15 is 0 Å². The van der Waals surface area contributed by atoms with E-state index in [0.29, 0.717) is 27.6 Å². The lowest BCUT2D eigenvalue weighted by molar-refractivity contribution is -0.384. The Morgan fingerprint density at radius 3 is 2.52 bits per heavy atom. The van der Waals surface area contributed by atoms with E-state index in [1.165, 1.54) is 18.2 Å². The van der Waals surface area contributed by atoms with Crippen molar-refractivity contribution in [2.75, 3.05) is 5.32 Å². The van der Waals surface area contributed by atoms with E-state index in [-0.39, 0.29) is 22.9 Å². The van der Waals surface area contributed by atoms with Crippen molar-refractivity contribution in [2.45, 2.75) is 13.5 Å². The van der Waals surface area contributed by atoms with Crippen LogP contribution in [0.4, 0.5) is 11.4 Å². The van der Waals surface area contributed by atoms with Gasteiger partial charge < -0.3 is 10.1 Å². The number of nitro groups is 1. The van der Waals surface area contributed by atoms with Gasteiger partial charge in [-0.15, -0.1) is 0 Å². The SMILES string of the molecule is Cc1c(Cl)cccc1NC(=O)/C(C#N)=C/c1ccc(OCc2ccc([N+](=O)[O-])cc2)c(Cl)c1. The lowest BCUT2D eigenvalue weighted by Crippen LogP contribution is -2.14. The first-order valence-electron chi connectivity index (χ1n) is 9.62. The fraction of sp³-hybridized carbons (Fsp3) is 0.0833. The van der Waals surface area contributed by atoms with Gasteiger partial charge in [0, 0.05) is 22.8 Å². The minimum absolute atomic E-state index is 0.00391. The van der Waals surface area contributed by atoms with Gasteiger partial charge in [-0.2, -0.15) is 5.26 Å². The summed E-state index contributed by atoms with van der Waals surface area (Å²) in [6, 6.07) is 17.8. The number of amides is 1. The first-order chi connectivity index (χ1) is 15.8. The molecule has 0 unspecified atom stereocenters. The molecule has 1 amide bonds. The van der Waals surface area contributed by atoms with Crippen molar-refractivity contribution in [1.29, 1.82) is 5.26 Å². The zero-order chi connectivity index (χ0) is 24.0. The highest BCUT2D eigenvalue weighted by molar-refractivity contribution is 6.32. The largest absolute Gasteiger partial charge is 0.487 e. The van der Waals surface area contributed by atoms with E-state index in [2.05, 4.69) is 5.32 Å². The number of hydrogen-bond acceptors (Lipinski definition) is 5. The van der Waals surface area contributed by atoms with Crippen molar-refractivity contribution in [1.82, 2.24) is 0 Å². The number of hydrogen-bond donors (Lipinski definition) is 1. The smallest absolute Gasteiger partial charge is 0.269 e. The van der Waals surface area contributed by atoms with Gasteiger partial charge in [0.25, 0.3) is 11.6 Å². The molecule has 0 radical (unpaired) electrons. The number of carbonyl (C=O) groups excluding carboxylic acids is 1. The van der Waals surface area contributed by atoms with E-state index in [4.69, 9.17) is 27.9 Å². The summed E-state index contributed by atoms with van der Waals surface area (Å²) in [6.45, 7) is 1.93. The normalized spacial score (nSPS) is 10.9. The van der Waals surface area contributed by atoms with Gasteiger partial charge in [0.05, 0.1) is 9.95 Å². The van der Waals surface area contributed by atoms with E-state index in [9.17, 15) is 20.2 Å². The maximum absolute atomic E-state index is 12.5. The standard InChI is InChI=1S/C24H17Cl2N3O4/c1-15-20(25)3-2-4-22(15)28-24(30)18(13-27)11-17-7-10-23(21(26)12-17)33-14-16-5-8-19(9-6-16)29(31)32/h2-12H,14H2,1H3,(H,28,30)/b18-11+. The van der Waals surface area contributed by atoms with Gasteiger partial charge >= 0.3 is 0 Å². The Morgan fingerprint density at radius 1 is 1.15 bits per heavy atom. The van der Waals surface area contributed by atoms with Crippen molar-refractivity contribution in [3.8, 4) is 11.8 Å². The van der Waals surface area contributed by atoms with Crippen LogP contribution in [-0.2, 0) is 11.4 Å². The predicted octanol–water partition coefficient (Wildman–Crippen LogP) is 6.33. The maximum Gasteiger partial charge on any atom is 0.269 e. The van der Waals surface area contributed by atoms with Gasteiger partial charge in [-0.25, -0.2) is 0 Å². The van der Waals surface area contributed by atoms with Crippen molar-refractivity contribution in [3.63, 3.8) is 0 Å². The fourth-order valence-corrected chi connectivity index (χ4v) is 3.26. The third-order valence-corrected chi connectivity index (χ3v) is 5.39. The summed E-state index contributed by atoms with van der Waals surface area (Å²) in [5, 5.41) is 23.6. The van der Waals surface area contributed by atoms with Gasteiger partial charge in [0.15, 0.2) is 0 Å². The molecule has 33 heavy (non-hydrogen) atoms. The first kappa shape index (κ1) is 23.8. The molecule has 0 aliphatic carbocycles. The van der Waals surface area contributed by atoms with E-state index < -0.39 is 10.8 Å². The summed E-state index contributed by atoms with van der Waals surface area (Å²) in [5.74, 6) is -0.179. The van der Waals surface area contributed by atoms with Gasteiger partial charge in [-0.3, -0.25) is 14.9 Å². The maximum atomic E-state index is 12.5. The third-order valence-electron chi connectivity index (χ3n) is 4.69. The molecule has 0 fully saturated rings. The van der Waals surface area contributed by atoms with Crippen LogP contribution < -0.4 is 10.1 Å². The highest BCUT2D eigenvalue weighted by atomic mass is 35.5. The summed E-state index contributed by atoms with van der Waals surface area (Å²) in [6.07, 6.45) is 1.42. The molecular weight excluding hydrogens is 465 g/mol. The predicted molar refractivity (Wildman–Crippen MR) is 127 cm³/mol. The lowest BCUT2D eigenvalue weighted by Gasteiger charge is -2.10. The topological polar surface area (TPSA) is 105 Å². The Hall–Kier alpha value is -3.86. The molecule has 0 aromatic heterocycles. The lowest BCUT2D eigenvalue weighted by atomic mass is 10.1. The average Bonchev–Trinajstić information content (AvgIpc) is 2.80. The number of non-ortho nitro benzene ring substituents is 1. The Bertz CT molecular complexity index is 1280. The number of nitro benzene ring substituents is 1. The number of nitrogens with zero attached hydrogens (tertiary/aromatic N) is 2. The zero-order valence-electron chi connectivity index (χ0n) is 17.3. The van der Waals surface area contributed by atoms with Crippen LogP contribution in [0.25, 0.3) is 6.08 Å². The fourth-order valence-electron chi connectivity index (χ4n) is 2.85. The molecule has 166 valence electrons. The van der Waals surface area contributed by atoms with E-state index in [1.54, 1.807) is 55.5 Å². The first-order valence-corrected chi connectivity index (χ1v) is 10.4. The third kappa shape index (κ3) is 6.10. The molecule has 0 aliphatic heterocycles. The molecule has 0 aliphatic rings. The number of benzene rings is 3. The summed E-state index contributed by atoms with van der Waals surface area (Å²) < 4.78 is 5.68. The molecule has 3 aromatic rings. The van der Waals surface area contributed by atoms with Gasteiger partial charge in [-0.1, -0.05) is 35.3 Å². The molecule has 0 saturated carbocycles. The number of halogens is 2. The number of ether oxygens (including phenoxy) is 1. The second kappa shape index (κ2) is 10.6. The second-order valence-corrected chi connectivity index (χ2v) is 7.75. The Labute approximate surface area is 200 Å². The minimum atomic E-state index is -0.572. The molecule has 0 bridgehead atoms. The van der Waals surface area contributed by atoms with Crippen LogP contribution in [0.3, 0.4) is 0 Å². The van der Waals surface area contributed by atoms with Crippen LogP contribution in [0, 0.1) is 28.4 Å². The Kier molecular flexibility index (Phi) is 7.67. The van der Waals surface area contributed by atoms with Gasteiger partial charge in [0.2, 0.25) is 0 Å². The summed E-state index contributed by atoms with van der Waals surface area (Å²) in [4.78, 5) is 22.8. The van der Waals surface area contributed by atoms with Crippen LogP contribution in [0.2, 0.25) is 10.0 Å². The van der Waals surface area contributed by atoms with Crippen molar-refractivity contribution < 1.29 is 14.5 Å². The summed E-state index contributed by atoms with van der Waals surface area (Å²) in [5.41, 5.74) is 2.38. The number of rotatable bonds is 7. The summed E-state index contributed by atoms with van der Waals surface area (Å²) >= 11 is 12.4. The highest BCUT2D eigenvalue weighted by Crippen LogP contribution is 2.28. The quantitative estimate of drug-likeness (QED) is 0.183. The zero-order valence-corrected chi connectivity index (χ0v) is 18.9. The molecule has 0 heterocycles.